The average molecular weight is 327 g/mol. The Kier molecular flexibility index (Phi) is 5.57. The lowest BCUT2D eigenvalue weighted by molar-refractivity contribution is 0.0940. The molecule has 0 radical (unpaired) electrons. The van der Waals surface area contributed by atoms with Crippen LogP contribution in [0, 0.1) is 0 Å². The molecule has 1 atom stereocenters. The van der Waals surface area contributed by atoms with Gasteiger partial charge in [-0.3, -0.25) is 9.59 Å². The van der Waals surface area contributed by atoms with Gasteiger partial charge in [-0.25, -0.2) is 0 Å². The zero-order valence-electron chi connectivity index (χ0n) is 14.7. The van der Waals surface area contributed by atoms with E-state index < -0.39 is 0 Å². The summed E-state index contributed by atoms with van der Waals surface area (Å²) in [6.07, 6.45) is 1.55. The molecule has 2 aromatic rings. The summed E-state index contributed by atoms with van der Waals surface area (Å²) in [5.41, 5.74) is 1.27. The van der Waals surface area contributed by atoms with E-state index >= 15 is 0 Å². The molecule has 1 amide bonds. The van der Waals surface area contributed by atoms with Crippen LogP contribution in [0.5, 0.6) is 0 Å². The van der Waals surface area contributed by atoms with Gasteiger partial charge in [-0.05, 0) is 32.4 Å². The molecule has 0 fully saturated rings. The van der Waals surface area contributed by atoms with Gasteiger partial charge in [0.2, 0.25) is 5.56 Å². The Bertz CT molecular complexity index is 751. The van der Waals surface area contributed by atoms with Gasteiger partial charge >= 0.3 is 0 Å². The minimum Gasteiger partial charge on any atom is -0.350 e. The lowest BCUT2D eigenvalue weighted by Gasteiger charge is -2.31. The van der Waals surface area contributed by atoms with E-state index in [0.29, 0.717) is 12.1 Å². The van der Waals surface area contributed by atoms with Crippen molar-refractivity contribution in [1.82, 2.24) is 15.2 Å². The number of benzene rings is 1. The number of pyridine rings is 1. The Morgan fingerprint density at radius 2 is 1.83 bits per heavy atom. The van der Waals surface area contributed by atoms with Crippen molar-refractivity contribution in [1.29, 1.82) is 0 Å². The maximum atomic E-state index is 12.3. The van der Waals surface area contributed by atoms with Crippen LogP contribution >= 0.6 is 0 Å². The average Bonchev–Trinajstić information content (AvgIpc) is 2.55. The molecule has 0 unspecified atom stereocenters. The van der Waals surface area contributed by atoms with Gasteiger partial charge in [-0.1, -0.05) is 30.3 Å². The van der Waals surface area contributed by atoms with Crippen molar-refractivity contribution in [3.63, 3.8) is 0 Å². The molecule has 5 heteroatoms. The molecule has 1 heterocycles. The number of hydrogen-bond donors (Lipinski definition) is 2. The minimum atomic E-state index is -0.272. The molecule has 0 saturated heterocycles. The second-order valence-electron chi connectivity index (χ2n) is 6.71. The molecule has 24 heavy (non-hydrogen) atoms. The molecule has 0 saturated carbocycles. The number of aromatic nitrogens is 1. The van der Waals surface area contributed by atoms with Crippen molar-refractivity contribution < 1.29 is 4.79 Å². The number of hydrogen-bond acceptors (Lipinski definition) is 3. The van der Waals surface area contributed by atoms with E-state index in [0.717, 1.165) is 0 Å². The number of carbonyl (C=O) groups excluding carboxylic acids is 1. The normalized spacial score (nSPS) is 12.7. The monoisotopic (exact) mass is 327 g/mol. The summed E-state index contributed by atoms with van der Waals surface area (Å²) in [6.45, 7) is 6.68. The van der Waals surface area contributed by atoms with Gasteiger partial charge in [0.25, 0.3) is 5.91 Å². The Morgan fingerprint density at radius 1 is 1.17 bits per heavy atom. The third-order valence-corrected chi connectivity index (χ3v) is 3.95. The van der Waals surface area contributed by atoms with E-state index in [1.165, 1.54) is 16.2 Å². The van der Waals surface area contributed by atoms with E-state index in [-0.39, 0.29) is 23.0 Å². The van der Waals surface area contributed by atoms with Crippen molar-refractivity contribution in [2.24, 2.45) is 7.05 Å². The van der Waals surface area contributed by atoms with Crippen LogP contribution in [0.25, 0.3) is 0 Å². The summed E-state index contributed by atoms with van der Waals surface area (Å²) in [5, 5.41) is 6.46. The quantitative estimate of drug-likeness (QED) is 0.855. The largest absolute Gasteiger partial charge is 0.350 e. The van der Waals surface area contributed by atoms with Gasteiger partial charge < -0.3 is 15.2 Å². The van der Waals surface area contributed by atoms with Crippen LogP contribution in [-0.2, 0) is 7.05 Å². The fourth-order valence-corrected chi connectivity index (χ4v) is 2.59. The molecule has 0 spiro atoms. The fourth-order valence-electron chi connectivity index (χ4n) is 2.59. The molecular formula is C19H25N3O2. The SMILES string of the molecule is C[C@H](NC(C)(C)CNC(=O)c1ccc(=O)n(C)c1)c1ccccc1. The van der Waals surface area contributed by atoms with Crippen molar-refractivity contribution in [2.45, 2.75) is 32.4 Å². The van der Waals surface area contributed by atoms with Gasteiger partial charge in [0.15, 0.2) is 0 Å². The molecular weight excluding hydrogens is 302 g/mol. The number of nitrogens with one attached hydrogen (secondary N) is 2. The van der Waals surface area contributed by atoms with Gasteiger partial charge in [0, 0.05) is 37.4 Å². The van der Waals surface area contributed by atoms with Crippen LogP contribution < -0.4 is 16.2 Å². The van der Waals surface area contributed by atoms with Crippen LogP contribution in [-0.4, -0.2) is 22.6 Å². The third-order valence-electron chi connectivity index (χ3n) is 3.95. The first-order chi connectivity index (χ1) is 11.3. The molecule has 1 aromatic heterocycles. The minimum absolute atomic E-state index is 0.134. The zero-order chi connectivity index (χ0) is 17.7. The van der Waals surface area contributed by atoms with E-state index in [4.69, 9.17) is 0 Å². The van der Waals surface area contributed by atoms with Crippen LogP contribution in [0.4, 0.5) is 0 Å². The van der Waals surface area contributed by atoms with Gasteiger partial charge in [-0.15, -0.1) is 0 Å². The highest BCUT2D eigenvalue weighted by molar-refractivity contribution is 5.93. The fraction of sp³-hybridized carbons (Fsp3) is 0.368. The summed E-state index contributed by atoms with van der Waals surface area (Å²) in [4.78, 5) is 23.6. The van der Waals surface area contributed by atoms with Crippen LogP contribution in [0.2, 0.25) is 0 Å². The topological polar surface area (TPSA) is 63.1 Å². The summed E-state index contributed by atoms with van der Waals surface area (Å²) < 4.78 is 1.40. The number of rotatable bonds is 6. The zero-order valence-corrected chi connectivity index (χ0v) is 14.7. The lowest BCUT2D eigenvalue weighted by atomic mass is 10.0. The highest BCUT2D eigenvalue weighted by atomic mass is 16.2. The van der Waals surface area contributed by atoms with Gasteiger partial charge in [-0.2, -0.15) is 0 Å². The van der Waals surface area contributed by atoms with E-state index in [2.05, 4.69) is 29.7 Å². The molecule has 1 aromatic carbocycles. The Balaban J connectivity index is 1.95. The van der Waals surface area contributed by atoms with Crippen LogP contribution in [0.1, 0.15) is 42.7 Å². The highest BCUT2D eigenvalue weighted by Gasteiger charge is 2.22. The van der Waals surface area contributed by atoms with Crippen molar-refractivity contribution >= 4 is 5.91 Å². The smallest absolute Gasteiger partial charge is 0.252 e. The van der Waals surface area contributed by atoms with Crippen molar-refractivity contribution in [3.8, 4) is 0 Å². The molecule has 2 N–H and O–H groups in total. The third kappa shape index (κ3) is 4.80. The summed E-state index contributed by atoms with van der Waals surface area (Å²) in [6, 6.07) is 13.3. The highest BCUT2D eigenvalue weighted by Crippen LogP contribution is 2.15. The predicted octanol–water partition coefficient (Wildman–Crippen LogP) is 2.24. The van der Waals surface area contributed by atoms with Crippen molar-refractivity contribution in [2.75, 3.05) is 6.54 Å². The molecule has 0 aliphatic rings. The molecule has 0 aliphatic heterocycles. The standard InChI is InChI=1S/C19H25N3O2/c1-14(15-8-6-5-7-9-15)21-19(2,3)13-20-18(24)16-10-11-17(23)22(4)12-16/h5-12,14,21H,13H2,1-4H3,(H,20,24)/t14-/m0/s1. The predicted molar refractivity (Wildman–Crippen MR) is 96.1 cm³/mol. The molecule has 5 nitrogen and oxygen atoms in total. The van der Waals surface area contributed by atoms with E-state index in [9.17, 15) is 9.59 Å². The van der Waals surface area contributed by atoms with Crippen LogP contribution in [0.3, 0.4) is 0 Å². The molecule has 0 bridgehead atoms. The lowest BCUT2D eigenvalue weighted by Crippen LogP contribution is -2.49. The molecule has 128 valence electrons. The number of amides is 1. The number of carbonyl (C=O) groups is 1. The first kappa shape index (κ1) is 17.9. The van der Waals surface area contributed by atoms with Gasteiger partial charge in [0.1, 0.15) is 0 Å². The Morgan fingerprint density at radius 3 is 2.46 bits per heavy atom. The second-order valence-corrected chi connectivity index (χ2v) is 6.71. The number of nitrogens with zero attached hydrogens (tertiary/aromatic N) is 1. The van der Waals surface area contributed by atoms with Crippen molar-refractivity contribution in [3.05, 3.63) is 70.1 Å². The maximum Gasteiger partial charge on any atom is 0.252 e. The van der Waals surface area contributed by atoms with Gasteiger partial charge in [0.05, 0.1) is 5.56 Å². The molecule has 2 rings (SSSR count). The first-order valence-electron chi connectivity index (χ1n) is 8.06. The Labute approximate surface area is 142 Å². The number of aryl methyl sites for hydroxylation is 1. The van der Waals surface area contributed by atoms with E-state index in [1.807, 2.05) is 32.0 Å². The maximum absolute atomic E-state index is 12.3. The van der Waals surface area contributed by atoms with E-state index in [1.54, 1.807) is 19.3 Å². The summed E-state index contributed by atoms with van der Waals surface area (Å²) in [5.74, 6) is -0.187. The Hall–Kier alpha value is -2.40. The first-order valence-corrected chi connectivity index (χ1v) is 8.06. The second kappa shape index (κ2) is 7.45. The summed E-state index contributed by atoms with van der Waals surface area (Å²) in [7, 11) is 1.63. The molecule has 0 aliphatic carbocycles. The summed E-state index contributed by atoms with van der Waals surface area (Å²) >= 11 is 0. The van der Waals surface area contributed by atoms with Crippen LogP contribution in [0.15, 0.2) is 53.5 Å².